The van der Waals surface area contributed by atoms with Gasteiger partial charge >= 0.3 is 5.97 Å². The number of benzene rings is 1. The van der Waals surface area contributed by atoms with E-state index in [9.17, 15) is 9.59 Å². The van der Waals surface area contributed by atoms with E-state index in [-0.39, 0.29) is 30.3 Å². The summed E-state index contributed by atoms with van der Waals surface area (Å²) in [6.45, 7) is 0.0508. The van der Waals surface area contributed by atoms with E-state index in [4.69, 9.17) is 10.00 Å². The number of carbonyl (C=O) groups is 2. The molecule has 1 aromatic carbocycles. The molecule has 0 radical (unpaired) electrons. The molecule has 1 aromatic rings. The number of nitrogens with zero attached hydrogens (tertiary/aromatic N) is 2. The van der Waals surface area contributed by atoms with Gasteiger partial charge in [0.05, 0.1) is 17.9 Å². The number of ether oxygens (including phenoxy) is 1. The van der Waals surface area contributed by atoms with Crippen LogP contribution < -0.4 is 4.90 Å². The van der Waals surface area contributed by atoms with Crippen molar-refractivity contribution in [2.24, 2.45) is 23.2 Å². The van der Waals surface area contributed by atoms with Gasteiger partial charge in [-0.15, -0.1) is 0 Å². The Balaban J connectivity index is 1.40. The average Bonchev–Trinajstić information content (AvgIpc) is 2.66. The molecule has 4 aliphatic carbocycles. The molecule has 0 spiro atoms. The first-order valence-corrected chi connectivity index (χ1v) is 9.99. The smallest absolute Gasteiger partial charge is 0.312 e. The number of esters is 1. The molecule has 0 N–H and O–H groups in total. The van der Waals surface area contributed by atoms with Crippen LogP contribution in [-0.2, 0) is 14.3 Å². The molecule has 4 aliphatic rings. The summed E-state index contributed by atoms with van der Waals surface area (Å²) in [4.78, 5) is 27.2. The van der Waals surface area contributed by atoms with Gasteiger partial charge in [-0.3, -0.25) is 9.59 Å². The number of carbonyl (C=O) groups excluding carboxylic acids is 2. The second kappa shape index (κ2) is 7.34. The van der Waals surface area contributed by atoms with Crippen LogP contribution in [0.15, 0.2) is 30.3 Å². The molecule has 5 nitrogen and oxygen atoms in total. The lowest BCUT2D eigenvalue weighted by Gasteiger charge is -2.55. The Morgan fingerprint density at radius 3 is 2.22 bits per heavy atom. The minimum atomic E-state index is -0.348. The highest BCUT2D eigenvalue weighted by Crippen LogP contribution is 2.60. The summed E-state index contributed by atoms with van der Waals surface area (Å²) >= 11 is 0. The summed E-state index contributed by atoms with van der Waals surface area (Å²) in [5.74, 6) is 1.54. The number of amides is 1. The molecule has 0 aliphatic heterocycles. The lowest BCUT2D eigenvalue weighted by Crippen LogP contribution is -2.51. The Morgan fingerprint density at radius 1 is 1.07 bits per heavy atom. The number of anilines is 1. The lowest BCUT2D eigenvalue weighted by molar-refractivity contribution is -0.172. The van der Waals surface area contributed by atoms with Gasteiger partial charge in [0.2, 0.25) is 0 Å². The Bertz CT molecular complexity index is 717. The van der Waals surface area contributed by atoms with E-state index < -0.39 is 0 Å². The van der Waals surface area contributed by atoms with E-state index >= 15 is 0 Å². The van der Waals surface area contributed by atoms with E-state index in [0.29, 0.717) is 24.3 Å². The van der Waals surface area contributed by atoms with Gasteiger partial charge in [0.15, 0.2) is 6.61 Å². The van der Waals surface area contributed by atoms with Crippen LogP contribution in [0.2, 0.25) is 0 Å². The molecule has 0 unspecified atom stereocenters. The molecule has 0 saturated heterocycles. The predicted octanol–water partition coefficient (Wildman–Crippen LogP) is 3.69. The van der Waals surface area contributed by atoms with Crippen molar-refractivity contribution in [1.29, 1.82) is 5.26 Å². The van der Waals surface area contributed by atoms with Crippen molar-refractivity contribution in [2.45, 2.75) is 44.9 Å². The van der Waals surface area contributed by atoms with Gasteiger partial charge < -0.3 is 9.64 Å². The first-order chi connectivity index (χ1) is 13.1. The molecule has 5 heteroatoms. The third kappa shape index (κ3) is 3.58. The number of rotatable bonds is 6. The van der Waals surface area contributed by atoms with Crippen LogP contribution >= 0.6 is 0 Å². The Morgan fingerprint density at radius 2 is 1.67 bits per heavy atom. The summed E-state index contributed by atoms with van der Waals surface area (Å²) in [5, 5.41) is 8.88. The predicted molar refractivity (Wildman–Crippen MR) is 101 cm³/mol. The van der Waals surface area contributed by atoms with E-state index in [1.807, 2.05) is 30.3 Å². The van der Waals surface area contributed by atoms with Crippen molar-refractivity contribution in [3.63, 3.8) is 0 Å². The minimum absolute atomic E-state index is 0.178. The summed E-state index contributed by atoms with van der Waals surface area (Å²) in [7, 11) is 0. The second-order valence-electron chi connectivity index (χ2n) is 8.56. The van der Waals surface area contributed by atoms with E-state index in [1.165, 1.54) is 24.2 Å². The molecule has 4 bridgehead atoms. The van der Waals surface area contributed by atoms with Gasteiger partial charge in [-0.25, -0.2) is 0 Å². The molecule has 0 aromatic heterocycles. The number of hydrogen-bond donors (Lipinski definition) is 0. The zero-order chi connectivity index (χ0) is 18.9. The van der Waals surface area contributed by atoms with Crippen LogP contribution in [0, 0.1) is 34.5 Å². The summed E-state index contributed by atoms with van der Waals surface area (Å²) in [6, 6.07) is 11.3. The van der Waals surface area contributed by atoms with Crippen molar-refractivity contribution >= 4 is 17.6 Å². The quantitative estimate of drug-likeness (QED) is 0.720. The van der Waals surface area contributed by atoms with E-state index in [2.05, 4.69) is 6.07 Å². The van der Waals surface area contributed by atoms with Crippen LogP contribution in [0.4, 0.5) is 5.69 Å². The number of hydrogen-bond acceptors (Lipinski definition) is 4. The van der Waals surface area contributed by atoms with Crippen molar-refractivity contribution in [3.8, 4) is 6.07 Å². The van der Waals surface area contributed by atoms with Gasteiger partial charge in [-0.2, -0.15) is 5.26 Å². The van der Waals surface area contributed by atoms with Gasteiger partial charge in [-0.1, -0.05) is 18.2 Å². The van der Waals surface area contributed by atoms with E-state index in [1.54, 1.807) is 0 Å². The Hall–Kier alpha value is -2.35. The SMILES string of the molecule is N#CCCN(C(=O)COC(=O)C12CC3CC(CC(C3)C1)C2)c1ccccc1. The first-order valence-electron chi connectivity index (χ1n) is 9.99. The summed E-state index contributed by atoms with van der Waals surface area (Å²) in [6.07, 6.45) is 6.84. The third-order valence-corrected chi connectivity index (χ3v) is 6.61. The van der Waals surface area contributed by atoms with Crippen LogP contribution in [0.3, 0.4) is 0 Å². The van der Waals surface area contributed by atoms with Crippen LogP contribution in [0.5, 0.6) is 0 Å². The van der Waals surface area contributed by atoms with Crippen LogP contribution in [0.25, 0.3) is 0 Å². The number of nitriles is 1. The van der Waals surface area contributed by atoms with Gasteiger partial charge in [0.25, 0.3) is 5.91 Å². The lowest BCUT2D eigenvalue weighted by atomic mass is 9.49. The Kier molecular flexibility index (Phi) is 4.90. The summed E-state index contributed by atoms with van der Waals surface area (Å²) < 4.78 is 5.56. The molecule has 4 fully saturated rings. The van der Waals surface area contributed by atoms with Crippen molar-refractivity contribution in [1.82, 2.24) is 0 Å². The standard InChI is InChI=1S/C22H26N2O3/c23-7-4-8-24(19-5-2-1-3-6-19)20(25)15-27-21(26)22-12-16-9-17(13-22)11-18(10-16)14-22/h1-3,5-6,16-18H,4,8-15H2. The number of para-hydroxylation sites is 1. The molecule has 142 valence electrons. The fraction of sp³-hybridized carbons (Fsp3) is 0.591. The molecule has 4 saturated carbocycles. The van der Waals surface area contributed by atoms with Crippen molar-refractivity contribution in [3.05, 3.63) is 30.3 Å². The monoisotopic (exact) mass is 366 g/mol. The second-order valence-corrected chi connectivity index (χ2v) is 8.56. The normalized spacial score (nSPS) is 30.6. The molecular weight excluding hydrogens is 340 g/mol. The fourth-order valence-corrected chi connectivity index (χ4v) is 5.89. The first kappa shape index (κ1) is 18.0. The average molecular weight is 366 g/mol. The summed E-state index contributed by atoms with van der Waals surface area (Å²) in [5.41, 5.74) is 0.378. The molecular formula is C22H26N2O3. The maximum atomic E-state index is 12.9. The zero-order valence-electron chi connectivity index (χ0n) is 15.6. The third-order valence-electron chi connectivity index (χ3n) is 6.61. The highest BCUT2D eigenvalue weighted by molar-refractivity contribution is 5.95. The van der Waals surface area contributed by atoms with Crippen molar-refractivity contribution < 1.29 is 14.3 Å². The van der Waals surface area contributed by atoms with E-state index in [0.717, 1.165) is 24.9 Å². The molecule has 0 heterocycles. The van der Waals surface area contributed by atoms with Crippen LogP contribution in [0.1, 0.15) is 44.9 Å². The molecule has 0 atom stereocenters. The topological polar surface area (TPSA) is 70.4 Å². The Labute approximate surface area is 160 Å². The highest BCUT2D eigenvalue weighted by Gasteiger charge is 2.55. The molecule has 5 rings (SSSR count). The minimum Gasteiger partial charge on any atom is -0.455 e. The maximum absolute atomic E-state index is 12.9. The largest absolute Gasteiger partial charge is 0.455 e. The molecule has 1 amide bonds. The molecule has 27 heavy (non-hydrogen) atoms. The van der Waals surface area contributed by atoms with Gasteiger partial charge in [-0.05, 0) is 68.4 Å². The maximum Gasteiger partial charge on any atom is 0.312 e. The zero-order valence-corrected chi connectivity index (χ0v) is 15.6. The van der Waals surface area contributed by atoms with Crippen molar-refractivity contribution in [2.75, 3.05) is 18.1 Å². The van der Waals surface area contributed by atoms with Crippen LogP contribution in [-0.4, -0.2) is 25.0 Å². The van der Waals surface area contributed by atoms with Gasteiger partial charge in [0.1, 0.15) is 0 Å². The highest BCUT2D eigenvalue weighted by atomic mass is 16.5. The fourth-order valence-electron chi connectivity index (χ4n) is 5.89. The van der Waals surface area contributed by atoms with Gasteiger partial charge in [0, 0.05) is 12.2 Å².